The number of ether oxygens (including phenoxy) is 2. The van der Waals surface area contributed by atoms with Crippen molar-refractivity contribution in [3.63, 3.8) is 0 Å². The molecule has 1 aromatic carbocycles. The molecule has 9 heteroatoms. The first-order chi connectivity index (χ1) is 11.4. The normalized spacial score (nSPS) is 12.2. The van der Waals surface area contributed by atoms with E-state index in [2.05, 4.69) is 36.6 Å². The first-order valence-electron chi connectivity index (χ1n) is 7.03. The molecule has 0 atom stereocenters. The van der Waals surface area contributed by atoms with Crippen molar-refractivity contribution in [3.05, 3.63) is 39.4 Å². The van der Waals surface area contributed by atoms with Gasteiger partial charge in [0.15, 0.2) is 0 Å². The Balaban J connectivity index is 2.54. The Morgan fingerprint density at radius 2 is 1.72 bits per heavy atom. The van der Waals surface area contributed by atoms with E-state index in [0.29, 0.717) is 8.95 Å². The molecular formula is C16H14Br2F3NO3. The van der Waals surface area contributed by atoms with Crippen molar-refractivity contribution in [2.24, 2.45) is 0 Å². The van der Waals surface area contributed by atoms with Gasteiger partial charge < -0.3 is 9.47 Å². The van der Waals surface area contributed by atoms with E-state index in [4.69, 9.17) is 4.74 Å². The predicted molar refractivity (Wildman–Crippen MR) is 93.6 cm³/mol. The molecule has 0 fully saturated rings. The highest BCUT2D eigenvalue weighted by Gasteiger charge is 2.33. The van der Waals surface area contributed by atoms with Crippen LogP contribution in [-0.2, 0) is 4.74 Å². The van der Waals surface area contributed by atoms with Gasteiger partial charge in [-0.25, -0.2) is 4.79 Å². The molecule has 136 valence electrons. The number of hydrogen-bond acceptors (Lipinski definition) is 3. The van der Waals surface area contributed by atoms with Crippen molar-refractivity contribution in [3.8, 4) is 17.0 Å². The van der Waals surface area contributed by atoms with Crippen molar-refractivity contribution in [1.29, 1.82) is 0 Å². The first-order valence-corrected chi connectivity index (χ1v) is 8.61. The zero-order valence-corrected chi connectivity index (χ0v) is 16.6. The number of benzene rings is 1. The Bertz CT molecular complexity index is 795. The molecule has 0 saturated heterocycles. The minimum Gasteiger partial charge on any atom is -0.443 e. The van der Waals surface area contributed by atoms with E-state index in [1.807, 2.05) is 0 Å². The van der Waals surface area contributed by atoms with Crippen LogP contribution in [0.1, 0.15) is 20.8 Å². The Morgan fingerprint density at radius 3 is 2.28 bits per heavy atom. The number of nitrogens with zero attached hydrogens (tertiary/aromatic N) is 1. The van der Waals surface area contributed by atoms with Crippen LogP contribution in [0, 0.1) is 0 Å². The average molecular weight is 485 g/mol. The SMILES string of the molecule is CC(C)(C)OC(=O)n1cc(Br)cc1-c1ccc(Br)cc1OC(F)(F)F. The van der Waals surface area contributed by atoms with Crippen LogP contribution in [0.3, 0.4) is 0 Å². The standard InChI is InChI=1S/C16H14Br2F3NO3/c1-15(2,3)25-14(23)22-8-10(18)6-12(22)11-5-4-9(17)7-13(11)24-16(19,20)21/h4-8H,1-3H3. The summed E-state index contributed by atoms with van der Waals surface area (Å²) in [6.07, 6.45) is -4.16. The van der Waals surface area contributed by atoms with Crippen molar-refractivity contribution in [1.82, 2.24) is 4.57 Å². The number of carbonyl (C=O) groups excluding carboxylic acids is 1. The fourth-order valence-electron chi connectivity index (χ4n) is 2.02. The second kappa shape index (κ2) is 7.03. The zero-order chi connectivity index (χ0) is 19.0. The fraction of sp³-hybridized carbons (Fsp3) is 0.312. The lowest BCUT2D eigenvalue weighted by Gasteiger charge is -2.21. The van der Waals surface area contributed by atoms with E-state index in [1.54, 1.807) is 26.8 Å². The Kier molecular flexibility index (Phi) is 5.58. The molecule has 4 nitrogen and oxygen atoms in total. The monoisotopic (exact) mass is 483 g/mol. The zero-order valence-electron chi connectivity index (χ0n) is 13.4. The smallest absolute Gasteiger partial charge is 0.443 e. The molecule has 0 aliphatic rings. The fourth-order valence-corrected chi connectivity index (χ4v) is 2.78. The van der Waals surface area contributed by atoms with Crippen LogP contribution in [-0.4, -0.2) is 22.6 Å². The van der Waals surface area contributed by atoms with E-state index >= 15 is 0 Å². The summed E-state index contributed by atoms with van der Waals surface area (Å²) in [5.74, 6) is -0.433. The summed E-state index contributed by atoms with van der Waals surface area (Å²) in [5.41, 5.74) is -0.458. The van der Waals surface area contributed by atoms with Gasteiger partial charge in [0.05, 0.1) is 5.69 Å². The molecule has 2 aromatic rings. The van der Waals surface area contributed by atoms with Crippen LogP contribution in [0.2, 0.25) is 0 Å². The summed E-state index contributed by atoms with van der Waals surface area (Å²) in [5, 5.41) is 0. The van der Waals surface area contributed by atoms with Crippen LogP contribution in [0.15, 0.2) is 39.4 Å². The second-order valence-corrected chi connectivity index (χ2v) is 7.91. The van der Waals surface area contributed by atoms with Crippen molar-refractivity contribution >= 4 is 38.0 Å². The minimum atomic E-state index is -4.86. The van der Waals surface area contributed by atoms with E-state index < -0.39 is 23.8 Å². The van der Waals surface area contributed by atoms with Gasteiger partial charge in [-0.3, -0.25) is 4.57 Å². The van der Waals surface area contributed by atoms with Crippen LogP contribution in [0.25, 0.3) is 11.3 Å². The topological polar surface area (TPSA) is 40.5 Å². The highest BCUT2D eigenvalue weighted by molar-refractivity contribution is 9.10. The second-order valence-electron chi connectivity index (χ2n) is 6.08. The lowest BCUT2D eigenvalue weighted by atomic mass is 10.1. The van der Waals surface area contributed by atoms with Crippen LogP contribution >= 0.6 is 31.9 Å². The summed E-state index contributed by atoms with van der Waals surface area (Å²) >= 11 is 6.34. The number of hydrogen-bond donors (Lipinski definition) is 0. The van der Waals surface area contributed by atoms with Crippen LogP contribution < -0.4 is 4.74 Å². The summed E-state index contributed by atoms with van der Waals surface area (Å²) < 4.78 is 49.6. The third kappa shape index (κ3) is 5.50. The molecule has 0 N–H and O–H groups in total. The predicted octanol–water partition coefficient (Wildman–Crippen LogP) is 6.36. The van der Waals surface area contributed by atoms with Gasteiger partial charge in [-0.05, 0) is 61.0 Å². The third-order valence-corrected chi connectivity index (χ3v) is 3.75. The molecule has 0 radical (unpaired) electrons. The minimum absolute atomic E-state index is 0.0945. The molecule has 0 spiro atoms. The molecule has 1 heterocycles. The first kappa shape index (κ1) is 19.8. The van der Waals surface area contributed by atoms with Gasteiger partial charge >= 0.3 is 12.5 Å². The molecule has 2 rings (SSSR count). The number of aromatic nitrogens is 1. The van der Waals surface area contributed by atoms with Crippen LogP contribution in [0.5, 0.6) is 5.75 Å². The van der Waals surface area contributed by atoms with E-state index in [-0.39, 0.29) is 11.3 Å². The van der Waals surface area contributed by atoms with Gasteiger partial charge in [0.2, 0.25) is 0 Å². The molecule has 0 bridgehead atoms. The van der Waals surface area contributed by atoms with Gasteiger partial charge in [0, 0.05) is 20.7 Å². The summed E-state index contributed by atoms with van der Waals surface area (Å²) in [7, 11) is 0. The Hall–Kier alpha value is -1.48. The quantitative estimate of drug-likeness (QED) is 0.497. The molecule has 0 aliphatic carbocycles. The number of carbonyl (C=O) groups is 1. The maximum absolute atomic E-state index is 12.7. The summed E-state index contributed by atoms with van der Waals surface area (Å²) in [6.45, 7) is 5.09. The van der Waals surface area contributed by atoms with Crippen molar-refractivity contribution < 1.29 is 27.4 Å². The van der Waals surface area contributed by atoms with Gasteiger partial charge in [0.25, 0.3) is 0 Å². The maximum atomic E-state index is 12.7. The van der Waals surface area contributed by atoms with Gasteiger partial charge in [0.1, 0.15) is 11.4 Å². The van der Waals surface area contributed by atoms with E-state index in [0.717, 1.165) is 4.57 Å². The molecule has 1 aromatic heterocycles. The molecular weight excluding hydrogens is 471 g/mol. The average Bonchev–Trinajstić information content (AvgIpc) is 2.77. The lowest BCUT2D eigenvalue weighted by molar-refractivity contribution is -0.274. The Morgan fingerprint density at radius 1 is 1.08 bits per heavy atom. The van der Waals surface area contributed by atoms with Crippen molar-refractivity contribution in [2.75, 3.05) is 0 Å². The van der Waals surface area contributed by atoms with E-state index in [9.17, 15) is 18.0 Å². The number of rotatable bonds is 2. The molecule has 0 unspecified atom stereocenters. The molecule has 25 heavy (non-hydrogen) atoms. The highest BCUT2D eigenvalue weighted by atomic mass is 79.9. The molecule has 0 saturated carbocycles. The van der Waals surface area contributed by atoms with Gasteiger partial charge in [-0.1, -0.05) is 15.9 Å². The summed E-state index contributed by atoms with van der Waals surface area (Å²) in [6, 6.07) is 5.67. The third-order valence-electron chi connectivity index (χ3n) is 2.82. The highest BCUT2D eigenvalue weighted by Crippen LogP contribution is 2.37. The summed E-state index contributed by atoms with van der Waals surface area (Å²) in [4.78, 5) is 12.4. The van der Waals surface area contributed by atoms with Gasteiger partial charge in [-0.15, -0.1) is 13.2 Å². The largest absolute Gasteiger partial charge is 0.573 e. The van der Waals surface area contributed by atoms with Crippen LogP contribution in [0.4, 0.5) is 18.0 Å². The Labute approximate surface area is 159 Å². The maximum Gasteiger partial charge on any atom is 0.573 e. The van der Waals surface area contributed by atoms with Crippen molar-refractivity contribution in [2.45, 2.75) is 32.7 Å². The molecule has 0 aliphatic heterocycles. The number of halogens is 5. The molecule has 0 amide bonds. The lowest BCUT2D eigenvalue weighted by Crippen LogP contribution is -2.27. The van der Waals surface area contributed by atoms with Gasteiger partial charge in [-0.2, -0.15) is 0 Å². The number of alkyl halides is 3. The van der Waals surface area contributed by atoms with E-state index in [1.165, 1.54) is 24.4 Å².